The maximum Gasteiger partial charge on any atom is 0.123 e. The molecule has 2 rings (SSSR count). The molecule has 0 radical (unpaired) electrons. The second-order valence-electron chi connectivity index (χ2n) is 7.79. The number of nitrogens with zero attached hydrogens (tertiary/aromatic N) is 2. The second-order valence-corrected chi connectivity index (χ2v) is 7.79. The monoisotopic (exact) mass is 508 g/mol. The zero-order chi connectivity index (χ0) is 25.8. The molecule has 0 saturated heterocycles. The Kier molecular flexibility index (Phi) is 15.7. The summed E-state index contributed by atoms with van der Waals surface area (Å²) in [7, 11) is 3.29. The Labute approximate surface area is 214 Å². The van der Waals surface area contributed by atoms with Crippen LogP contribution in [0.2, 0.25) is 0 Å². The summed E-state index contributed by atoms with van der Waals surface area (Å²) >= 11 is 0. The summed E-state index contributed by atoms with van der Waals surface area (Å²) in [6.07, 6.45) is 0. The van der Waals surface area contributed by atoms with Crippen molar-refractivity contribution in [2.75, 3.05) is 93.5 Å². The van der Waals surface area contributed by atoms with E-state index in [1.165, 1.54) is 0 Å². The molecule has 0 fully saturated rings. The Hall–Kier alpha value is -2.34. The van der Waals surface area contributed by atoms with Gasteiger partial charge in [0.2, 0.25) is 0 Å². The van der Waals surface area contributed by atoms with Crippen molar-refractivity contribution in [1.82, 2.24) is 9.97 Å². The number of ether oxygens (including phenoxy) is 8. The first kappa shape index (κ1) is 29.9. The van der Waals surface area contributed by atoms with E-state index in [1.807, 2.05) is 38.1 Å². The molecule has 36 heavy (non-hydrogen) atoms. The average Bonchev–Trinajstić information content (AvgIpc) is 2.86. The van der Waals surface area contributed by atoms with E-state index in [-0.39, 0.29) is 0 Å². The molecule has 10 nitrogen and oxygen atoms in total. The fourth-order valence-corrected chi connectivity index (χ4v) is 3.07. The van der Waals surface area contributed by atoms with Crippen LogP contribution in [-0.4, -0.2) is 103 Å². The summed E-state index contributed by atoms with van der Waals surface area (Å²) < 4.78 is 43.4. The number of hydrogen-bond donors (Lipinski definition) is 0. The highest BCUT2D eigenvalue weighted by molar-refractivity contribution is 5.59. The fourth-order valence-electron chi connectivity index (χ4n) is 3.07. The molecule has 2 heterocycles. The quantitative estimate of drug-likeness (QED) is 0.234. The van der Waals surface area contributed by atoms with Crippen molar-refractivity contribution in [3.8, 4) is 22.9 Å². The molecule has 2 aromatic rings. The Balaban J connectivity index is 1.78. The predicted octanol–water partition coefficient (Wildman–Crippen LogP) is 2.88. The second kappa shape index (κ2) is 18.9. The minimum absolute atomic E-state index is 0.425. The lowest BCUT2D eigenvalue weighted by molar-refractivity contribution is 0.0179. The lowest BCUT2D eigenvalue weighted by atomic mass is 10.2. The van der Waals surface area contributed by atoms with Crippen molar-refractivity contribution < 1.29 is 37.9 Å². The van der Waals surface area contributed by atoms with Gasteiger partial charge in [0.25, 0.3) is 0 Å². The van der Waals surface area contributed by atoms with E-state index in [4.69, 9.17) is 37.9 Å². The van der Waals surface area contributed by atoms with Crippen LogP contribution in [0.3, 0.4) is 0 Å². The van der Waals surface area contributed by atoms with E-state index in [2.05, 4.69) is 9.97 Å². The van der Waals surface area contributed by atoms with E-state index in [0.29, 0.717) is 90.8 Å². The molecule has 0 amide bonds. The van der Waals surface area contributed by atoms with E-state index >= 15 is 0 Å². The van der Waals surface area contributed by atoms with Gasteiger partial charge in [-0.15, -0.1) is 0 Å². The molecule has 202 valence electrons. The molecule has 0 unspecified atom stereocenters. The summed E-state index contributed by atoms with van der Waals surface area (Å²) in [5.41, 5.74) is 3.11. The summed E-state index contributed by atoms with van der Waals surface area (Å²) in [4.78, 5) is 9.25. The molecule has 10 heteroatoms. The van der Waals surface area contributed by atoms with Crippen molar-refractivity contribution in [2.45, 2.75) is 13.8 Å². The van der Waals surface area contributed by atoms with Gasteiger partial charge in [0.1, 0.15) is 24.7 Å². The molecule has 0 atom stereocenters. The van der Waals surface area contributed by atoms with Crippen molar-refractivity contribution in [1.29, 1.82) is 0 Å². The van der Waals surface area contributed by atoms with Gasteiger partial charge in [-0.1, -0.05) is 0 Å². The number of aryl methyl sites for hydroxylation is 2. The van der Waals surface area contributed by atoms with Gasteiger partial charge < -0.3 is 37.9 Å². The lowest BCUT2D eigenvalue weighted by Crippen LogP contribution is -2.12. The van der Waals surface area contributed by atoms with E-state index in [9.17, 15) is 0 Å². The largest absolute Gasteiger partial charge is 0.491 e. The summed E-state index contributed by atoms with van der Waals surface area (Å²) in [6, 6.07) is 7.53. The first-order valence-electron chi connectivity index (χ1n) is 12.1. The molecule has 0 aromatic carbocycles. The zero-order valence-electron chi connectivity index (χ0n) is 22.0. The number of hydrogen-bond acceptors (Lipinski definition) is 10. The van der Waals surface area contributed by atoms with Crippen LogP contribution in [0.15, 0.2) is 24.3 Å². The highest BCUT2D eigenvalue weighted by Gasteiger charge is 2.09. The summed E-state index contributed by atoms with van der Waals surface area (Å²) in [5.74, 6) is 1.42. The van der Waals surface area contributed by atoms with Crippen LogP contribution >= 0.6 is 0 Å². The first-order chi connectivity index (χ1) is 17.6. The van der Waals surface area contributed by atoms with Crippen LogP contribution < -0.4 is 9.47 Å². The Morgan fingerprint density at radius 1 is 0.472 bits per heavy atom. The van der Waals surface area contributed by atoms with Crippen LogP contribution in [0.25, 0.3) is 11.4 Å². The van der Waals surface area contributed by atoms with Gasteiger partial charge in [0.05, 0.1) is 77.5 Å². The maximum atomic E-state index is 5.87. The molecule has 0 aliphatic heterocycles. The Bertz CT molecular complexity index is 783. The molecule has 2 aromatic heterocycles. The Morgan fingerprint density at radius 2 is 0.806 bits per heavy atom. The topological polar surface area (TPSA) is 99.6 Å². The first-order valence-corrected chi connectivity index (χ1v) is 12.1. The van der Waals surface area contributed by atoms with Gasteiger partial charge in [-0.25, -0.2) is 0 Å². The average molecular weight is 509 g/mol. The van der Waals surface area contributed by atoms with Crippen molar-refractivity contribution in [2.24, 2.45) is 0 Å². The SMILES string of the molecule is COCCOCCOCCOc1cc(C)nc(-c2cc(OCCOCCOCCOC)cc(C)n2)c1. The third-order valence-corrected chi connectivity index (χ3v) is 4.72. The highest BCUT2D eigenvalue weighted by Crippen LogP contribution is 2.25. The number of methoxy groups -OCH3 is 2. The summed E-state index contributed by atoms with van der Waals surface area (Å²) in [5, 5.41) is 0. The van der Waals surface area contributed by atoms with E-state index in [1.54, 1.807) is 14.2 Å². The van der Waals surface area contributed by atoms with Crippen LogP contribution in [0.1, 0.15) is 11.4 Å². The third-order valence-electron chi connectivity index (χ3n) is 4.72. The predicted molar refractivity (Wildman–Crippen MR) is 135 cm³/mol. The molecule has 0 N–H and O–H groups in total. The van der Waals surface area contributed by atoms with Crippen LogP contribution in [0.4, 0.5) is 0 Å². The third kappa shape index (κ3) is 13.1. The van der Waals surface area contributed by atoms with E-state index < -0.39 is 0 Å². The summed E-state index contributed by atoms with van der Waals surface area (Å²) in [6.45, 7) is 9.99. The number of pyridine rings is 2. The molecular formula is C26H40N2O8. The normalized spacial score (nSPS) is 11.1. The molecule has 0 aliphatic rings. The van der Waals surface area contributed by atoms with Gasteiger partial charge in [0, 0.05) is 49.9 Å². The fraction of sp³-hybridized carbons (Fsp3) is 0.615. The van der Waals surface area contributed by atoms with Crippen LogP contribution in [0, 0.1) is 13.8 Å². The minimum atomic E-state index is 0.425. The smallest absolute Gasteiger partial charge is 0.123 e. The van der Waals surface area contributed by atoms with Crippen molar-refractivity contribution in [3.63, 3.8) is 0 Å². The van der Waals surface area contributed by atoms with Crippen LogP contribution in [-0.2, 0) is 28.4 Å². The van der Waals surface area contributed by atoms with E-state index in [0.717, 1.165) is 22.8 Å². The number of rotatable bonds is 21. The molecule has 0 aliphatic carbocycles. The van der Waals surface area contributed by atoms with Crippen molar-refractivity contribution >= 4 is 0 Å². The van der Waals surface area contributed by atoms with Gasteiger partial charge in [0.15, 0.2) is 0 Å². The molecule has 0 bridgehead atoms. The minimum Gasteiger partial charge on any atom is -0.491 e. The van der Waals surface area contributed by atoms with Crippen molar-refractivity contribution in [3.05, 3.63) is 35.7 Å². The maximum absolute atomic E-state index is 5.87. The Morgan fingerprint density at radius 3 is 1.17 bits per heavy atom. The number of aromatic nitrogens is 2. The lowest BCUT2D eigenvalue weighted by Gasteiger charge is -2.12. The zero-order valence-corrected chi connectivity index (χ0v) is 22.0. The van der Waals surface area contributed by atoms with Gasteiger partial charge in [-0.2, -0.15) is 0 Å². The molecule has 0 saturated carbocycles. The highest BCUT2D eigenvalue weighted by atomic mass is 16.6. The molecule has 0 spiro atoms. The molecular weight excluding hydrogens is 468 g/mol. The van der Waals surface area contributed by atoms with Gasteiger partial charge in [-0.3, -0.25) is 9.97 Å². The van der Waals surface area contributed by atoms with Gasteiger partial charge >= 0.3 is 0 Å². The van der Waals surface area contributed by atoms with Crippen LogP contribution in [0.5, 0.6) is 11.5 Å². The standard InChI is InChI=1S/C26H40N2O8/c1-21-17-23(35-15-13-33-11-9-31-7-5-29-3)19-25(27-21)26-20-24(18-22(2)28-26)36-16-14-34-12-10-32-8-6-30-4/h17-20H,5-16H2,1-4H3. The van der Waals surface area contributed by atoms with Gasteiger partial charge in [-0.05, 0) is 13.8 Å².